The van der Waals surface area contributed by atoms with Crippen LogP contribution in [0.3, 0.4) is 0 Å². The van der Waals surface area contributed by atoms with Gasteiger partial charge >= 0.3 is 0 Å². The van der Waals surface area contributed by atoms with Gasteiger partial charge in [0.15, 0.2) is 0 Å². The van der Waals surface area contributed by atoms with Crippen molar-refractivity contribution in [3.8, 4) is 11.6 Å². The number of carbonyl (C=O) groups is 1. The van der Waals surface area contributed by atoms with Gasteiger partial charge in [-0.05, 0) is 50.1 Å². The molecule has 1 atom stereocenters. The highest BCUT2D eigenvalue weighted by Crippen LogP contribution is 2.30. The van der Waals surface area contributed by atoms with Crippen molar-refractivity contribution in [2.75, 3.05) is 5.32 Å². The second kappa shape index (κ2) is 7.12. The first kappa shape index (κ1) is 16.6. The fraction of sp³-hybridized carbons (Fsp3) is 0.222. The SMILES string of the molecule is Cc1cccc(Oc2ncccc2NC(=O)[C@H](C)n2cncn2)c1C. The van der Waals surface area contributed by atoms with Gasteiger partial charge in [-0.25, -0.2) is 14.6 Å². The minimum atomic E-state index is -0.503. The van der Waals surface area contributed by atoms with Crippen LogP contribution in [-0.4, -0.2) is 25.7 Å². The highest BCUT2D eigenvalue weighted by molar-refractivity contribution is 5.94. The molecule has 0 fully saturated rings. The van der Waals surface area contributed by atoms with E-state index in [0.717, 1.165) is 11.1 Å². The van der Waals surface area contributed by atoms with Crippen LogP contribution >= 0.6 is 0 Å². The molecule has 7 heteroatoms. The fourth-order valence-corrected chi connectivity index (χ4v) is 2.28. The molecule has 128 valence electrons. The topological polar surface area (TPSA) is 81.9 Å². The van der Waals surface area contributed by atoms with E-state index in [1.54, 1.807) is 25.3 Å². The number of aryl methyl sites for hydroxylation is 1. The van der Waals surface area contributed by atoms with Crippen molar-refractivity contribution >= 4 is 11.6 Å². The minimum Gasteiger partial charge on any atom is -0.437 e. The summed E-state index contributed by atoms with van der Waals surface area (Å²) in [5, 5.41) is 6.83. The van der Waals surface area contributed by atoms with Crippen LogP contribution in [-0.2, 0) is 4.79 Å². The van der Waals surface area contributed by atoms with Gasteiger partial charge in [0.2, 0.25) is 11.8 Å². The fourth-order valence-electron chi connectivity index (χ4n) is 2.28. The number of amides is 1. The lowest BCUT2D eigenvalue weighted by Crippen LogP contribution is -2.24. The van der Waals surface area contributed by atoms with Crippen molar-refractivity contribution in [1.82, 2.24) is 19.7 Å². The maximum Gasteiger partial charge on any atom is 0.249 e. The molecule has 0 aliphatic heterocycles. The Bertz CT molecular complexity index is 877. The summed E-state index contributed by atoms with van der Waals surface area (Å²) < 4.78 is 7.41. The summed E-state index contributed by atoms with van der Waals surface area (Å²) >= 11 is 0. The Kier molecular flexibility index (Phi) is 4.74. The Morgan fingerprint density at radius 1 is 1.24 bits per heavy atom. The van der Waals surface area contributed by atoms with Crippen LogP contribution in [0.5, 0.6) is 11.6 Å². The van der Waals surface area contributed by atoms with Gasteiger partial charge in [-0.2, -0.15) is 5.10 Å². The average Bonchev–Trinajstić information content (AvgIpc) is 3.14. The van der Waals surface area contributed by atoms with E-state index in [4.69, 9.17) is 4.74 Å². The molecule has 1 N–H and O–H groups in total. The molecule has 25 heavy (non-hydrogen) atoms. The quantitative estimate of drug-likeness (QED) is 0.772. The standard InChI is InChI=1S/C18H19N5O2/c1-12-6-4-8-16(13(12)2)25-18-15(7-5-9-20-18)22-17(24)14(3)23-11-19-10-21-23/h4-11,14H,1-3H3,(H,22,24)/t14-/m0/s1. The average molecular weight is 337 g/mol. The van der Waals surface area contributed by atoms with Gasteiger partial charge in [0.25, 0.3) is 0 Å². The maximum atomic E-state index is 12.5. The normalized spacial score (nSPS) is 11.8. The molecule has 2 heterocycles. The second-order valence-corrected chi connectivity index (χ2v) is 5.70. The van der Waals surface area contributed by atoms with Gasteiger partial charge in [-0.3, -0.25) is 4.79 Å². The van der Waals surface area contributed by atoms with Gasteiger partial charge in [-0.1, -0.05) is 12.1 Å². The third-order valence-electron chi connectivity index (χ3n) is 4.00. The summed E-state index contributed by atoms with van der Waals surface area (Å²) in [6.07, 6.45) is 4.51. The highest BCUT2D eigenvalue weighted by atomic mass is 16.5. The van der Waals surface area contributed by atoms with Crippen molar-refractivity contribution in [1.29, 1.82) is 0 Å². The Balaban J connectivity index is 1.81. The Hall–Kier alpha value is -3.22. The number of ether oxygens (including phenoxy) is 1. The number of hydrogen-bond acceptors (Lipinski definition) is 5. The maximum absolute atomic E-state index is 12.5. The van der Waals surface area contributed by atoms with Crippen LogP contribution < -0.4 is 10.1 Å². The van der Waals surface area contributed by atoms with E-state index in [0.29, 0.717) is 17.3 Å². The van der Waals surface area contributed by atoms with Crippen LogP contribution in [0, 0.1) is 13.8 Å². The van der Waals surface area contributed by atoms with Crippen molar-refractivity contribution in [3.63, 3.8) is 0 Å². The van der Waals surface area contributed by atoms with E-state index in [2.05, 4.69) is 20.4 Å². The molecule has 3 aromatic rings. The molecule has 3 rings (SSSR count). The molecule has 0 radical (unpaired) electrons. The molecule has 0 saturated carbocycles. The molecular formula is C18H19N5O2. The molecule has 0 spiro atoms. The van der Waals surface area contributed by atoms with E-state index in [-0.39, 0.29) is 5.91 Å². The first-order valence-electron chi connectivity index (χ1n) is 7.90. The number of benzene rings is 1. The molecule has 2 aromatic heterocycles. The molecule has 1 aromatic carbocycles. The van der Waals surface area contributed by atoms with Crippen molar-refractivity contribution in [3.05, 3.63) is 60.3 Å². The first-order chi connectivity index (χ1) is 12.1. The van der Waals surface area contributed by atoms with Crippen LogP contribution in [0.2, 0.25) is 0 Å². The lowest BCUT2D eigenvalue weighted by atomic mass is 10.1. The molecule has 0 unspecified atom stereocenters. The summed E-state index contributed by atoms with van der Waals surface area (Å²) in [5.41, 5.74) is 2.65. The van der Waals surface area contributed by atoms with Gasteiger partial charge < -0.3 is 10.1 Å². The van der Waals surface area contributed by atoms with E-state index in [1.165, 1.54) is 17.3 Å². The smallest absolute Gasteiger partial charge is 0.249 e. The molecule has 0 bridgehead atoms. The van der Waals surface area contributed by atoms with Gasteiger partial charge in [-0.15, -0.1) is 0 Å². The Morgan fingerprint density at radius 3 is 2.84 bits per heavy atom. The third-order valence-corrected chi connectivity index (χ3v) is 4.00. The monoisotopic (exact) mass is 337 g/mol. The van der Waals surface area contributed by atoms with Crippen molar-refractivity contribution < 1.29 is 9.53 Å². The Morgan fingerprint density at radius 2 is 2.08 bits per heavy atom. The summed E-state index contributed by atoms with van der Waals surface area (Å²) in [7, 11) is 0. The van der Waals surface area contributed by atoms with E-state index >= 15 is 0 Å². The molecule has 7 nitrogen and oxygen atoms in total. The van der Waals surface area contributed by atoms with Gasteiger partial charge in [0.05, 0.1) is 0 Å². The predicted molar refractivity (Wildman–Crippen MR) is 93.6 cm³/mol. The lowest BCUT2D eigenvalue weighted by molar-refractivity contribution is -0.119. The molecule has 0 saturated heterocycles. The second-order valence-electron chi connectivity index (χ2n) is 5.70. The van der Waals surface area contributed by atoms with Crippen LogP contribution in [0.15, 0.2) is 49.2 Å². The number of nitrogens with one attached hydrogen (secondary N) is 1. The largest absolute Gasteiger partial charge is 0.437 e. The van der Waals surface area contributed by atoms with E-state index in [9.17, 15) is 4.79 Å². The van der Waals surface area contributed by atoms with E-state index in [1.807, 2.05) is 32.0 Å². The number of pyridine rings is 1. The van der Waals surface area contributed by atoms with Gasteiger partial charge in [0, 0.05) is 6.20 Å². The van der Waals surface area contributed by atoms with E-state index < -0.39 is 6.04 Å². The number of carbonyl (C=O) groups excluding carboxylic acids is 1. The number of rotatable bonds is 5. The molecule has 0 aliphatic carbocycles. The highest BCUT2D eigenvalue weighted by Gasteiger charge is 2.18. The third kappa shape index (κ3) is 3.65. The number of anilines is 1. The van der Waals surface area contributed by atoms with Gasteiger partial charge in [0.1, 0.15) is 30.1 Å². The molecule has 1 amide bonds. The summed E-state index contributed by atoms with van der Waals surface area (Å²) in [6, 6.07) is 8.80. The van der Waals surface area contributed by atoms with Crippen LogP contribution in [0.4, 0.5) is 5.69 Å². The predicted octanol–water partition coefficient (Wildman–Crippen LogP) is 3.28. The zero-order valence-corrected chi connectivity index (χ0v) is 14.3. The summed E-state index contributed by atoms with van der Waals surface area (Å²) in [4.78, 5) is 20.6. The number of nitrogens with zero attached hydrogens (tertiary/aromatic N) is 4. The van der Waals surface area contributed by atoms with Crippen molar-refractivity contribution in [2.45, 2.75) is 26.8 Å². The number of hydrogen-bond donors (Lipinski definition) is 1. The lowest BCUT2D eigenvalue weighted by Gasteiger charge is -2.15. The summed E-state index contributed by atoms with van der Waals surface area (Å²) in [5.74, 6) is 0.818. The zero-order valence-electron chi connectivity index (χ0n) is 14.3. The van der Waals surface area contributed by atoms with Crippen LogP contribution in [0.25, 0.3) is 0 Å². The molecule has 0 aliphatic rings. The Labute approximate surface area is 145 Å². The van der Waals surface area contributed by atoms with Crippen molar-refractivity contribution in [2.24, 2.45) is 0 Å². The van der Waals surface area contributed by atoms with Crippen LogP contribution in [0.1, 0.15) is 24.1 Å². The minimum absolute atomic E-state index is 0.232. The number of aromatic nitrogens is 4. The molecular weight excluding hydrogens is 318 g/mol. The zero-order chi connectivity index (χ0) is 17.8. The summed E-state index contributed by atoms with van der Waals surface area (Å²) in [6.45, 7) is 5.74. The first-order valence-corrected chi connectivity index (χ1v) is 7.90.